The molecule has 1 saturated carbocycles. The van der Waals surface area contributed by atoms with Crippen molar-refractivity contribution in [3.8, 4) is 23.0 Å². The van der Waals surface area contributed by atoms with Crippen LogP contribution in [0.5, 0.6) is 23.0 Å². The molecule has 160 valence electrons. The van der Waals surface area contributed by atoms with Crippen LogP contribution in [0.2, 0.25) is 0 Å². The van der Waals surface area contributed by atoms with Crippen molar-refractivity contribution in [2.75, 3.05) is 21.3 Å². The number of hydrogen-bond donors (Lipinski definition) is 3. The minimum atomic E-state index is -0.0833. The SMILES string of the molecule is C[NH2+]c1cc(Oc2ccnc3cc(OC)c(OC)cc23)ccc1C(=N)NC(=O)C1CC1. The zero-order chi connectivity index (χ0) is 22.0. The van der Waals surface area contributed by atoms with E-state index >= 15 is 0 Å². The molecule has 3 aromatic rings. The number of carbonyl (C=O) groups is 1. The molecule has 1 aliphatic carbocycles. The van der Waals surface area contributed by atoms with Crippen molar-refractivity contribution in [3.63, 3.8) is 0 Å². The van der Waals surface area contributed by atoms with E-state index in [0.717, 1.165) is 29.4 Å². The molecule has 0 unspecified atom stereocenters. The van der Waals surface area contributed by atoms with E-state index in [1.807, 2.05) is 24.5 Å². The smallest absolute Gasteiger partial charge is 0.228 e. The average molecular weight is 421 g/mol. The molecule has 4 rings (SSSR count). The Labute approximate surface area is 180 Å². The number of nitrogens with zero attached hydrogens (tertiary/aromatic N) is 1. The van der Waals surface area contributed by atoms with Crippen LogP contribution in [0.4, 0.5) is 5.69 Å². The van der Waals surface area contributed by atoms with Gasteiger partial charge in [0.1, 0.15) is 23.0 Å². The molecular formula is C23H25N4O4+. The fraction of sp³-hybridized carbons (Fsp3) is 0.261. The number of rotatable bonds is 7. The topological polar surface area (TPSA) is 110 Å². The van der Waals surface area contributed by atoms with Gasteiger partial charge in [0.15, 0.2) is 11.5 Å². The second kappa shape index (κ2) is 8.61. The van der Waals surface area contributed by atoms with Crippen molar-refractivity contribution < 1.29 is 24.3 Å². The third kappa shape index (κ3) is 4.29. The molecule has 8 heteroatoms. The zero-order valence-electron chi connectivity index (χ0n) is 17.7. The van der Waals surface area contributed by atoms with Crippen molar-refractivity contribution in [2.24, 2.45) is 5.92 Å². The average Bonchev–Trinajstić information content (AvgIpc) is 3.63. The van der Waals surface area contributed by atoms with Crippen LogP contribution in [0.25, 0.3) is 10.9 Å². The van der Waals surface area contributed by atoms with E-state index < -0.39 is 0 Å². The molecule has 1 aromatic heterocycles. The van der Waals surface area contributed by atoms with Crippen molar-refractivity contribution in [3.05, 3.63) is 48.2 Å². The summed E-state index contributed by atoms with van der Waals surface area (Å²) >= 11 is 0. The summed E-state index contributed by atoms with van der Waals surface area (Å²) < 4.78 is 16.9. The van der Waals surface area contributed by atoms with E-state index in [9.17, 15) is 4.79 Å². The van der Waals surface area contributed by atoms with E-state index in [4.69, 9.17) is 19.6 Å². The summed E-state index contributed by atoms with van der Waals surface area (Å²) in [6.45, 7) is 0. The number of amidine groups is 1. The van der Waals surface area contributed by atoms with Gasteiger partial charge in [-0.2, -0.15) is 0 Å². The van der Waals surface area contributed by atoms with E-state index in [2.05, 4.69) is 10.3 Å². The second-order valence-electron chi connectivity index (χ2n) is 7.31. The molecule has 8 nitrogen and oxygen atoms in total. The van der Waals surface area contributed by atoms with Crippen molar-refractivity contribution in [1.82, 2.24) is 10.3 Å². The fourth-order valence-corrected chi connectivity index (χ4v) is 3.37. The number of pyridine rings is 1. The number of aromatic nitrogens is 1. The molecule has 0 radical (unpaired) electrons. The lowest BCUT2D eigenvalue weighted by atomic mass is 10.1. The Kier molecular flexibility index (Phi) is 5.73. The van der Waals surface area contributed by atoms with Crippen molar-refractivity contribution in [1.29, 1.82) is 5.41 Å². The lowest BCUT2D eigenvalue weighted by molar-refractivity contribution is -0.539. The van der Waals surface area contributed by atoms with Crippen LogP contribution in [0.15, 0.2) is 42.6 Å². The van der Waals surface area contributed by atoms with Crippen LogP contribution in [0, 0.1) is 11.3 Å². The number of hydrogen-bond acceptors (Lipinski definition) is 6. The van der Waals surface area contributed by atoms with E-state index in [1.54, 1.807) is 44.7 Å². The van der Waals surface area contributed by atoms with Gasteiger partial charge in [-0.05, 0) is 37.1 Å². The van der Waals surface area contributed by atoms with Gasteiger partial charge in [0.25, 0.3) is 0 Å². The Hall–Kier alpha value is -3.65. The number of amides is 1. The number of ether oxygens (including phenoxy) is 3. The summed E-state index contributed by atoms with van der Waals surface area (Å²) in [4.78, 5) is 16.4. The van der Waals surface area contributed by atoms with Crippen LogP contribution >= 0.6 is 0 Å². The first-order valence-corrected chi connectivity index (χ1v) is 10.1. The number of nitrogens with two attached hydrogens (primary N) is 1. The van der Waals surface area contributed by atoms with Gasteiger partial charge in [-0.3, -0.25) is 15.2 Å². The van der Waals surface area contributed by atoms with Gasteiger partial charge in [0, 0.05) is 29.6 Å². The van der Waals surface area contributed by atoms with Crippen LogP contribution in [-0.4, -0.2) is 38.0 Å². The van der Waals surface area contributed by atoms with E-state index in [1.165, 1.54) is 0 Å². The predicted molar refractivity (Wildman–Crippen MR) is 117 cm³/mol. The lowest BCUT2D eigenvalue weighted by Crippen LogP contribution is -2.73. The zero-order valence-corrected chi connectivity index (χ0v) is 17.7. The Morgan fingerprint density at radius 1 is 1.10 bits per heavy atom. The Morgan fingerprint density at radius 2 is 1.84 bits per heavy atom. The van der Waals surface area contributed by atoms with Crippen LogP contribution in [0.1, 0.15) is 18.4 Å². The normalized spacial score (nSPS) is 13.0. The highest BCUT2D eigenvalue weighted by Gasteiger charge is 2.30. The lowest BCUT2D eigenvalue weighted by Gasteiger charge is -2.14. The van der Waals surface area contributed by atoms with Crippen LogP contribution in [-0.2, 0) is 4.79 Å². The maximum atomic E-state index is 12.0. The molecule has 1 fully saturated rings. The minimum absolute atomic E-state index is 0.0487. The first-order valence-electron chi connectivity index (χ1n) is 10.1. The molecule has 1 aliphatic rings. The van der Waals surface area contributed by atoms with Gasteiger partial charge in [-0.25, -0.2) is 0 Å². The molecule has 31 heavy (non-hydrogen) atoms. The molecule has 0 aliphatic heterocycles. The van der Waals surface area contributed by atoms with Gasteiger partial charge in [0.05, 0.1) is 32.3 Å². The molecule has 1 heterocycles. The van der Waals surface area contributed by atoms with Gasteiger partial charge in [0.2, 0.25) is 5.91 Å². The monoisotopic (exact) mass is 421 g/mol. The Bertz CT molecular complexity index is 1160. The molecule has 2 aromatic carbocycles. The standard InChI is InChI=1S/C23H24N4O4/c1-25-17-10-14(6-7-15(17)22(24)27-23(28)13-4-5-13)31-19-8-9-26-18-12-21(30-3)20(29-2)11-16(18)19/h6-13,25H,4-5H2,1-3H3,(H2,24,27,28)/p+1. The highest BCUT2D eigenvalue weighted by Crippen LogP contribution is 2.37. The summed E-state index contributed by atoms with van der Waals surface area (Å²) in [5, 5.41) is 13.7. The van der Waals surface area contributed by atoms with Crippen molar-refractivity contribution >= 4 is 28.3 Å². The predicted octanol–water partition coefficient (Wildman–Crippen LogP) is 2.72. The number of nitrogens with one attached hydrogen (secondary N) is 2. The third-order valence-electron chi connectivity index (χ3n) is 5.23. The van der Waals surface area contributed by atoms with Gasteiger partial charge in [-0.1, -0.05) is 0 Å². The number of fused-ring (bicyclic) bond motifs is 1. The van der Waals surface area contributed by atoms with E-state index in [0.29, 0.717) is 28.6 Å². The second-order valence-corrected chi connectivity index (χ2v) is 7.31. The van der Waals surface area contributed by atoms with Gasteiger partial charge in [-0.15, -0.1) is 0 Å². The van der Waals surface area contributed by atoms with Crippen molar-refractivity contribution in [2.45, 2.75) is 12.8 Å². The first kappa shape index (κ1) is 20.6. The summed E-state index contributed by atoms with van der Waals surface area (Å²) in [5.41, 5.74) is 2.17. The summed E-state index contributed by atoms with van der Waals surface area (Å²) in [6.07, 6.45) is 3.47. The molecule has 0 atom stereocenters. The molecule has 0 spiro atoms. The molecule has 0 saturated heterocycles. The highest BCUT2D eigenvalue weighted by atomic mass is 16.5. The Morgan fingerprint density at radius 3 is 2.52 bits per heavy atom. The largest absolute Gasteiger partial charge is 0.493 e. The molecule has 4 N–H and O–H groups in total. The highest BCUT2D eigenvalue weighted by molar-refractivity contribution is 6.09. The Balaban J connectivity index is 1.62. The quantitative estimate of drug-likeness (QED) is 0.309. The fourth-order valence-electron chi connectivity index (χ4n) is 3.37. The molecule has 0 bridgehead atoms. The first-order chi connectivity index (χ1) is 15.0. The number of methoxy groups -OCH3 is 2. The molecule has 1 amide bonds. The summed E-state index contributed by atoms with van der Waals surface area (Å²) in [5.74, 6) is 2.48. The summed E-state index contributed by atoms with van der Waals surface area (Å²) in [6, 6.07) is 10.8. The number of benzene rings is 2. The van der Waals surface area contributed by atoms with Gasteiger partial charge >= 0.3 is 0 Å². The van der Waals surface area contributed by atoms with Crippen LogP contribution < -0.4 is 24.8 Å². The maximum Gasteiger partial charge on any atom is 0.228 e. The van der Waals surface area contributed by atoms with Gasteiger partial charge < -0.3 is 24.8 Å². The molecular weight excluding hydrogens is 396 g/mol. The summed E-state index contributed by atoms with van der Waals surface area (Å²) in [7, 11) is 5.05. The third-order valence-corrected chi connectivity index (χ3v) is 5.23. The van der Waals surface area contributed by atoms with Crippen LogP contribution in [0.3, 0.4) is 0 Å². The minimum Gasteiger partial charge on any atom is -0.493 e. The maximum absolute atomic E-state index is 12.0. The number of carbonyl (C=O) groups excluding carboxylic acids is 1. The van der Waals surface area contributed by atoms with E-state index in [-0.39, 0.29) is 17.7 Å². The number of quaternary nitrogens is 1.